The largest absolute Gasteiger partial charge is 0.488 e. The summed E-state index contributed by atoms with van der Waals surface area (Å²) in [4.78, 5) is 0. The molecular weight excluding hydrogens is 289 g/mol. The fraction of sp³-hybridized carbons (Fsp3) is 0.455. The smallest absolute Gasteiger partial charge is 0.137 e. The van der Waals surface area contributed by atoms with Crippen molar-refractivity contribution in [3.63, 3.8) is 0 Å². The number of quaternary nitrogens is 1. The molecule has 0 heterocycles. The maximum atomic E-state index is 5.62. The summed E-state index contributed by atoms with van der Waals surface area (Å²) < 4.78 is 7.79. The highest BCUT2D eigenvalue weighted by Gasteiger charge is 2.06. The summed E-state index contributed by atoms with van der Waals surface area (Å²) in [7, 11) is 6.49. The van der Waals surface area contributed by atoms with Gasteiger partial charge in [0.2, 0.25) is 0 Å². The first-order valence-corrected chi connectivity index (χ1v) is 5.74. The molecule has 0 atom stereocenters. The summed E-state index contributed by atoms with van der Waals surface area (Å²) in [5.74, 6) is 0.957. The van der Waals surface area contributed by atoms with Crippen molar-refractivity contribution in [3.8, 4) is 5.75 Å². The first kappa shape index (κ1) is 11.8. The van der Waals surface area contributed by atoms with Crippen molar-refractivity contribution >= 4 is 22.6 Å². The van der Waals surface area contributed by atoms with E-state index in [1.807, 2.05) is 12.1 Å². The molecule has 0 bridgehead atoms. The lowest BCUT2D eigenvalue weighted by molar-refractivity contribution is -0.870. The van der Waals surface area contributed by atoms with Crippen LogP contribution in [-0.2, 0) is 0 Å². The van der Waals surface area contributed by atoms with E-state index in [1.165, 1.54) is 3.57 Å². The Balaban J connectivity index is 2.35. The van der Waals surface area contributed by atoms with Gasteiger partial charge in [-0.3, -0.25) is 0 Å². The second kappa shape index (κ2) is 4.98. The zero-order valence-electron chi connectivity index (χ0n) is 8.96. The van der Waals surface area contributed by atoms with E-state index in [0.717, 1.165) is 23.4 Å². The molecule has 0 unspecified atom stereocenters. The molecule has 1 rings (SSSR count). The average Bonchev–Trinajstić information content (AvgIpc) is 2.06. The van der Waals surface area contributed by atoms with E-state index in [9.17, 15) is 0 Å². The number of benzene rings is 1. The topological polar surface area (TPSA) is 9.23 Å². The van der Waals surface area contributed by atoms with Crippen LogP contribution in [0, 0.1) is 3.57 Å². The predicted octanol–water partition coefficient (Wildman–Crippen LogP) is 2.38. The van der Waals surface area contributed by atoms with Gasteiger partial charge in [0, 0.05) is 3.57 Å². The Morgan fingerprint density at radius 2 is 1.71 bits per heavy atom. The number of hydrogen-bond donors (Lipinski definition) is 0. The minimum atomic E-state index is 0.768. The van der Waals surface area contributed by atoms with Gasteiger partial charge in [-0.15, -0.1) is 0 Å². The number of ether oxygens (including phenoxy) is 1. The van der Waals surface area contributed by atoms with E-state index in [2.05, 4.69) is 55.9 Å². The van der Waals surface area contributed by atoms with E-state index >= 15 is 0 Å². The van der Waals surface area contributed by atoms with Gasteiger partial charge in [-0.25, -0.2) is 0 Å². The van der Waals surface area contributed by atoms with Crippen molar-refractivity contribution < 1.29 is 9.22 Å². The summed E-state index contributed by atoms with van der Waals surface area (Å²) in [6, 6.07) is 8.14. The van der Waals surface area contributed by atoms with Crippen LogP contribution in [0.5, 0.6) is 5.75 Å². The van der Waals surface area contributed by atoms with Crippen LogP contribution in [0.3, 0.4) is 0 Å². The summed E-state index contributed by atoms with van der Waals surface area (Å²) in [5.41, 5.74) is 0. The Morgan fingerprint density at radius 1 is 1.14 bits per heavy atom. The molecule has 2 nitrogen and oxygen atoms in total. The normalized spacial score (nSPS) is 11.4. The third-order valence-electron chi connectivity index (χ3n) is 1.84. The Labute approximate surface area is 99.6 Å². The second-order valence-electron chi connectivity index (χ2n) is 4.32. The number of likely N-dealkylation sites (N-methyl/N-ethyl adjacent to an activating group) is 1. The van der Waals surface area contributed by atoms with E-state index in [0.29, 0.717) is 0 Å². The molecule has 0 aliphatic rings. The molecule has 0 saturated carbocycles. The highest BCUT2D eigenvalue weighted by molar-refractivity contribution is 14.1. The van der Waals surface area contributed by atoms with Crippen molar-refractivity contribution in [2.24, 2.45) is 0 Å². The van der Waals surface area contributed by atoms with Gasteiger partial charge in [-0.1, -0.05) is 0 Å². The molecule has 1 aromatic carbocycles. The van der Waals surface area contributed by atoms with E-state index in [-0.39, 0.29) is 0 Å². The van der Waals surface area contributed by atoms with Gasteiger partial charge in [0.1, 0.15) is 18.9 Å². The third kappa shape index (κ3) is 4.81. The molecule has 0 fully saturated rings. The minimum Gasteiger partial charge on any atom is -0.488 e. The Hall–Kier alpha value is -0.290. The van der Waals surface area contributed by atoms with Crippen molar-refractivity contribution in [3.05, 3.63) is 27.8 Å². The number of rotatable bonds is 4. The SMILES string of the molecule is C[N+](C)(C)CCOc1ccc(I)cc1. The molecule has 0 radical (unpaired) electrons. The maximum absolute atomic E-state index is 5.62. The van der Waals surface area contributed by atoms with Crippen LogP contribution in [-0.4, -0.2) is 38.8 Å². The van der Waals surface area contributed by atoms with Gasteiger partial charge in [-0.2, -0.15) is 0 Å². The summed E-state index contributed by atoms with van der Waals surface area (Å²) in [6.45, 7) is 1.79. The van der Waals surface area contributed by atoms with E-state index in [4.69, 9.17) is 4.74 Å². The van der Waals surface area contributed by atoms with Crippen LogP contribution in [0.2, 0.25) is 0 Å². The van der Waals surface area contributed by atoms with Crippen LogP contribution in [0.25, 0.3) is 0 Å². The molecule has 0 spiro atoms. The number of hydrogen-bond acceptors (Lipinski definition) is 1. The summed E-state index contributed by atoms with van der Waals surface area (Å²) >= 11 is 2.29. The highest BCUT2D eigenvalue weighted by Crippen LogP contribution is 2.13. The maximum Gasteiger partial charge on any atom is 0.137 e. The lowest BCUT2D eigenvalue weighted by atomic mass is 10.3. The van der Waals surface area contributed by atoms with E-state index in [1.54, 1.807) is 0 Å². The van der Waals surface area contributed by atoms with Gasteiger partial charge < -0.3 is 9.22 Å². The first-order valence-electron chi connectivity index (χ1n) is 4.66. The molecule has 1 aromatic rings. The van der Waals surface area contributed by atoms with Gasteiger partial charge in [-0.05, 0) is 46.9 Å². The zero-order chi connectivity index (χ0) is 10.6. The first-order chi connectivity index (χ1) is 6.47. The van der Waals surface area contributed by atoms with Crippen molar-refractivity contribution in [2.75, 3.05) is 34.3 Å². The Kier molecular flexibility index (Phi) is 4.19. The monoisotopic (exact) mass is 306 g/mol. The van der Waals surface area contributed by atoms with Gasteiger partial charge in [0.05, 0.1) is 21.1 Å². The average molecular weight is 306 g/mol. The van der Waals surface area contributed by atoms with Crippen LogP contribution in [0.4, 0.5) is 0 Å². The fourth-order valence-electron chi connectivity index (χ4n) is 0.968. The highest BCUT2D eigenvalue weighted by atomic mass is 127. The third-order valence-corrected chi connectivity index (χ3v) is 2.56. The van der Waals surface area contributed by atoms with Crippen LogP contribution >= 0.6 is 22.6 Å². The Bertz CT molecular complexity index is 276. The molecule has 0 saturated heterocycles. The lowest BCUT2D eigenvalue weighted by Crippen LogP contribution is -2.38. The van der Waals surface area contributed by atoms with E-state index < -0.39 is 0 Å². The van der Waals surface area contributed by atoms with Gasteiger partial charge in [0.15, 0.2) is 0 Å². The van der Waals surface area contributed by atoms with Crippen molar-refractivity contribution in [2.45, 2.75) is 0 Å². The quantitative estimate of drug-likeness (QED) is 0.613. The molecule has 78 valence electrons. The van der Waals surface area contributed by atoms with Crippen LogP contribution in [0.1, 0.15) is 0 Å². The molecular formula is C11H17INO+. The molecule has 14 heavy (non-hydrogen) atoms. The molecule has 0 aliphatic carbocycles. The molecule has 0 amide bonds. The lowest BCUT2D eigenvalue weighted by Gasteiger charge is -2.23. The van der Waals surface area contributed by atoms with Gasteiger partial charge >= 0.3 is 0 Å². The summed E-state index contributed by atoms with van der Waals surface area (Å²) in [5, 5.41) is 0. The number of halogens is 1. The second-order valence-corrected chi connectivity index (χ2v) is 5.56. The molecule has 0 aliphatic heterocycles. The molecule has 0 aromatic heterocycles. The standard InChI is InChI=1S/C11H17INO/c1-13(2,3)8-9-14-11-6-4-10(12)5-7-11/h4-7H,8-9H2,1-3H3/q+1. The molecule has 3 heteroatoms. The zero-order valence-corrected chi connectivity index (χ0v) is 11.1. The van der Waals surface area contributed by atoms with Crippen LogP contribution in [0.15, 0.2) is 24.3 Å². The van der Waals surface area contributed by atoms with Crippen molar-refractivity contribution in [1.82, 2.24) is 0 Å². The van der Waals surface area contributed by atoms with Crippen molar-refractivity contribution in [1.29, 1.82) is 0 Å². The van der Waals surface area contributed by atoms with Crippen LogP contribution < -0.4 is 4.74 Å². The Morgan fingerprint density at radius 3 is 2.21 bits per heavy atom. The number of nitrogens with zero attached hydrogens (tertiary/aromatic N) is 1. The van der Waals surface area contributed by atoms with Gasteiger partial charge in [0.25, 0.3) is 0 Å². The fourth-order valence-corrected chi connectivity index (χ4v) is 1.33. The predicted molar refractivity (Wildman–Crippen MR) is 67.6 cm³/mol. The minimum absolute atomic E-state index is 0.768. The molecule has 0 N–H and O–H groups in total. The summed E-state index contributed by atoms with van der Waals surface area (Å²) in [6.07, 6.45) is 0.